The Morgan fingerprint density at radius 3 is 2.45 bits per heavy atom. The van der Waals surface area contributed by atoms with Crippen LogP contribution in [-0.4, -0.2) is 49.6 Å². The van der Waals surface area contributed by atoms with Gasteiger partial charge in [-0.15, -0.1) is 0 Å². The summed E-state index contributed by atoms with van der Waals surface area (Å²) in [5.41, 5.74) is 3.29. The third-order valence-electron chi connectivity index (χ3n) is 6.63. The zero-order valence-corrected chi connectivity index (χ0v) is 21.9. The number of carbonyl (C=O) groups is 1. The lowest BCUT2D eigenvalue weighted by molar-refractivity contribution is -0.0558. The number of ketones is 1. The van der Waals surface area contributed by atoms with Gasteiger partial charge in [-0.2, -0.15) is 30.4 Å². The molecule has 0 bridgehead atoms. The van der Waals surface area contributed by atoms with Gasteiger partial charge >= 0.3 is 28.6 Å². The Morgan fingerprint density at radius 2 is 1.77 bits per heavy atom. The Morgan fingerprint density at radius 1 is 1.07 bits per heavy atom. The van der Waals surface area contributed by atoms with Crippen molar-refractivity contribution in [3.63, 3.8) is 0 Å². The number of ether oxygens (including phenoxy) is 1. The fourth-order valence-corrected chi connectivity index (χ4v) is 5.40. The number of hydrogen-bond acceptors (Lipinski definition) is 6. The van der Waals surface area contributed by atoms with Crippen LogP contribution in [0.5, 0.6) is 5.75 Å². The van der Waals surface area contributed by atoms with Gasteiger partial charge in [0.25, 0.3) is 0 Å². The summed E-state index contributed by atoms with van der Waals surface area (Å²) in [5, 5.41) is -0.777. The molecule has 0 unspecified atom stereocenters. The highest BCUT2D eigenvalue weighted by Gasteiger charge is 2.57. The predicted octanol–water partition coefficient (Wildman–Crippen LogP) is 5.30. The van der Waals surface area contributed by atoms with Crippen molar-refractivity contribution in [3.05, 3.63) is 76.9 Å². The minimum atomic E-state index is -6.04. The number of oxime groups is 1. The first kappa shape index (κ1) is 27.6. The van der Waals surface area contributed by atoms with Crippen molar-refractivity contribution in [1.29, 1.82) is 0 Å². The fourth-order valence-electron chi connectivity index (χ4n) is 4.77. The fraction of sp³-hybridized carbons (Fsp3) is 0.231. The first-order chi connectivity index (χ1) is 18.7. The molecule has 1 aliphatic rings. The molecule has 208 valence electrons. The molecule has 0 saturated carbocycles. The molecule has 40 heavy (non-hydrogen) atoms. The lowest BCUT2D eigenvalue weighted by Crippen LogP contribution is -2.43. The first-order valence-corrected chi connectivity index (χ1v) is 13.4. The molecule has 14 heteroatoms. The zero-order chi connectivity index (χ0) is 29.0. The molecule has 3 aromatic carbocycles. The van der Waals surface area contributed by atoms with Crippen LogP contribution < -0.4 is 4.74 Å². The van der Waals surface area contributed by atoms with Gasteiger partial charge in [0.05, 0.1) is 10.9 Å². The van der Waals surface area contributed by atoms with E-state index >= 15 is 0 Å². The van der Waals surface area contributed by atoms with E-state index in [1.807, 2.05) is 30.5 Å². The molecule has 0 saturated heterocycles. The van der Waals surface area contributed by atoms with Gasteiger partial charge in [0.2, 0.25) is 0 Å². The number of nitrogens with zero attached hydrogens (tertiary/aromatic N) is 2. The topological polar surface area (TPSA) is 87.0 Å². The number of alkyl halides is 5. The second kappa shape index (κ2) is 9.61. The highest BCUT2D eigenvalue weighted by atomic mass is 32.2. The zero-order valence-electron chi connectivity index (χ0n) is 21.1. The molecule has 0 atom stereocenters. The van der Waals surface area contributed by atoms with Crippen LogP contribution in [0.25, 0.3) is 21.8 Å². The Balaban J connectivity index is 1.59. The molecule has 2 heterocycles. The van der Waals surface area contributed by atoms with E-state index in [1.165, 1.54) is 6.07 Å². The van der Waals surface area contributed by atoms with Crippen molar-refractivity contribution in [3.8, 4) is 5.75 Å². The highest BCUT2D eigenvalue weighted by molar-refractivity contribution is 7.89. The Bertz CT molecular complexity index is 1820. The minimum Gasteiger partial charge on any atom is -0.486 e. The summed E-state index contributed by atoms with van der Waals surface area (Å²) >= 11 is 0. The number of fused-ring (bicyclic) bond motifs is 5. The maximum Gasteiger partial charge on any atom is 0.385 e. The molecule has 0 radical (unpaired) electrons. The van der Waals surface area contributed by atoms with Crippen molar-refractivity contribution in [2.24, 2.45) is 5.16 Å². The third kappa shape index (κ3) is 4.69. The molecule has 0 amide bonds. The molecule has 7 nitrogen and oxygen atoms in total. The van der Waals surface area contributed by atoms with Gasteiger partial charge in [0, 0.05) is 34.1 Å². The summed E-state index contributed by atoms with van der Waals surface area (Å²) in [7, 11) is -8.96. The van der Waals surface area contributed by atoms with Gasteiger partial charge in [-0.25, -0.2) is 0 Å². The van der Waals surface area contributed by atoms with Crippen molar-refractivity contribution in [1.82, 2.24) is 4.57 Å². The van der Waals surface area contributed by atoms with Crippen LogP contribution in [0.4, 0.5) is 22.0 Å². The minimum absolute atomic E-state index is 0.188. The van der Waals surface area contributed by atoms with Crippen molar-refractivity contribution < 1.29 is 44.2 Å². The van der Waals surface area contributed by atoms with Gasteiger partial charge in [0.15, 0.2) is 5.78 Å². The van der Waals surface area contributed by atoms with E-state index in [0.717, 1.165) is 16.6 Å². The van der Waals surface area contributed by atoms with E-state index in [4.69, 9.17) is 4.74 Å². The standard InChI is InChI=1S/C26H20BF5N2O5S/c1-3-34-20-10-8-15(23(35)16-7-5-4-6-14(16)2)12-18(20)22-21(34)11-9-17-19(13-38-24(17)22)33-39-40(36,37)26(31,32)27-25(28,29)30/h4-12,27H,3,13H2,1-2H3/b33-19+. The van der Waals surface area contributed by atoms with Crippen molar-refractivity contribution in [2.75, 3.05) is 6.61 Å². The molecular formula is C26H20BF5N2O5S. The number of benzene rings is 3. The molecule has 1 aliphatic heterocycles. The van der Waals surface area contributed by atoms with E-state index in [9.17, 15) is 35.2 Å². The maximum atomic E-state index is 13.8. The summed E-state index contributed by atoms with van der Waals surface area (Å²) in [6, 6.07) is 15.6. The normalized spacial score (nSPS) is 14.9. The second-order valence-corrected chi connectivity index (χ2v) is 10.9. The summed E-state index contributed by atoms with van der Waals surface area (Å²) in [6.07, 6.45) is -5.45. The van der Waals surface area contributed by atoms with Crippen LogP contribution in [-0.2, 0) is 20.9 Å². The van der Waals surface area contributed by atoms with Gasteiger partial charge in [-0.3, -0.25) is 9.08 Å². The third-order valence-corrected chi connectivity index (χ3v) is 7.78. The Hall–Kier alpha value is -3.94. The second-order valence-electron chi connectivity index (χ2n) is 9.24. The predicted molar refractivity (Wildman–Crippen MR) is 140 cm³/mol. The van der Waals surface area contributed by atoms with Crippen LogP contribution in [0.3, 0.4) is 0 Å². The molecule has 4 aromatic rings. The van der Waals surface area contributed by atoms with Crippen LogP contribution in [0.15, 0.2) is 59.8 Å². The van der Waals surface area contributed by atoms with Gasteiger partial charge < -0.3 is 9.30 Å². The average molecular weight is 578 g/mol. The molecule has 0 N–H and O–H groups in total. The summed E-state index contributed by atoms with van der Waals surface area (Å²) in [4.78, 5) is 13.3. The van der Waals surface area contributed by atoms with Crippen LogP contribution >= 0.6 is 0 Å². The van der Waals surface area contributed by atoms with Gasteiger partial charge in [-0.1, -0.05) is 29.4 Å². The molecule has 1 aromatic heterocycles. The molecule has 5 rings (SSSR count). The van der Waals surface area contributed by atoms with Crippen LogP contribution in [0.2, 0.25) is 0 Å². The number of halogens is 5. The smallest absolute Gasteiger partial charge is 0.385 e. The van der Waals surface area contributed by atoms with Gasteiger partial charge in [0.1, 0.15) is 18.1 Å². The first-order valence-electron chi connectivity index (χ1n) is 12.0. The van der Waals surface area contributed by atoms with E-state index < -0.39 is 28.6 Å². The summed E-state index contributed by atoms with van der Waals surface area (Å²) < 4.78 is 100. The Labute approximate surface area is 225 Å². The quantitative estimate of drug-likeness (QED) is 0.129. The van der Waals surface area contributed by atoms with E-state index in [1.54, 1.807) is 36.4 Å². The van der Waals surface area contributed by atoms with E-state index in [-0.39, 0.29) is 29.4 Å². The van der Waals surface area contributed by atoms with Crippen molar-refractivity contribution >= 4 is 50.7 Å². The summed E-state index contributed by atoms with van der Waals surface area (Å²) in [5.74, 6) is 0.0588. The lowest BCUT2D eigenvalue weighted by atomic mass is 9.78. The number of hydrogen-bond donors (Lipinski definition) is 0. The number of aryl methyl sites for hydroxylation is 2. The molecule has 0 aliphatic carbocycles. The number of aromatic nitrogens is 1. The van der Waals surface area contributed by atoms with Crippen LogP contribution in [0.1, 0.15) is 34.0 Å². The van der Waals surface area contributed by atoms with Crippen LogP contribution in [0, 0.1) is 6.92 Å². The largest absolute Gasteiger partial charge is 0.486 e. The molecule has 0 fully saturated rings. The molecule has 0 spiro atoms. The van der Waals surface area contributed by atoms with E-state index in [0.29, 0.717) is 28.4 Å². The number of rotatable bonds is 7. The summed E-state index contributed by atoms with van der Waals surface area (Å²) in [6.45, 7) is 3.93. The Kier molecular flexibility index (Phi) is 6.64. The van der Waals surface area contributed by atoms with Gasteiger partial charge in [-0.05, 0) is 49.7 Å². The number of carbonyl (C=O) groups excluding carboxylic acids is 1. The average Bonchev–Trinajstić information content (AvgIpc) is 3.43. The maximum absolute atomic E-state index is 13.8. The molecular weight excluding hydrogens is 558 g/mol. The highest BCUT2D eigenvalue weighted by Crippen LogP contribution is 2.41. The van der Waals surface area contributed by atoms with Crippen molar-refractivity contribution in [2.45, 2.75) is 31.6 Å². The monoisotopic (exact) mass is 578 g/mol. The lowest BCUT2D eigenvalue weighted by Gasteiger charge is -2.15. The van der Waals surface area contributed by atoms with E-state index in [2.05, 4.69) is 9.44 Å². The SMILES string of the molecule is CCn1c2ccc(C(=O)c3ccccc3C)cc2c2c3c(ccc21)/C(=N/OS(=O)(=O)C(F)(F)BC(F)(F)F)CO3.